The first-order chi connectivity index (χ1) is 13.8. The third-order valence-electron chi connectivity index (χ3n) is 4.74. The van der Waals surface area contributed by atoms with Gasteiger partial charge in [0.15, 0.2) is 11.5 Å². The highest BCUT2D eigenvalue weighted by atomic mass is 19.1. The summed E-state index contributed by atoms with van der Waals surface area (Å²) in [6.45, 7) is 0.241. The number of halogens is 1. The van der Waals surface area contributed by atoms with Gasteiger partial charge in [0.1, 0.15) is 5.82 Å². The second kappa shape index (κ2) is 6.82. The van der Waals surface area contributed by atoms with E-state index in [0.717, 1.165) is 45.1 Å². The van der Waals surface area contributed by atoms with Gasteiger partial charge in [-0.05, 0) is 59.7 Å². The first kappa shape index (κ1) is 16.5. The van der Waals surface area contributed by atoms with Crippen LogP contribution in [0, 0.1) is 5.82 Å². The maximum absolute atomic E-state index is 13.4. The molecule has 0 aliphatic carbocycles. The van der Waals surface area contributed by atoms with Crippen molar-refractivity contribution in [3.8, 4) is 45.1 Å². The molecule has 28 heavy (non-hydrogen) atoms. The first-order valence-corrected chi connectivity index (χ1v) is 9.00. The molecule has 0 bridgehead atoms. The molecule has 5 rings (SSSR count). The van der Waals surface area contributed by atoms with Gasteiger partial charge in [0.25, 0.3) is 0 Å². The number of hydrogen-bond donors (Lipinski definition) is 0. The fourth-order valence-corrected chi connectivity index (χ4v) is 3.30. The average molecular weight is 369 g/mol. The Hall–Kier alpha value is -3.66. The molecule has 4 heteroatoms. The van der Waals surface area contributed by atoms with Crippen LogP contribution in [0.25, 0.3) is 33.6 Å². The van der Waals surface area contributed by atoms with Crippen molar-refractivity contribution in [2.24, 2.45) is 0 Å². The summed E-state index contributed by atoms with van der Waals surface area (Å²) in [6.07, 6.45) is 0. The van der Waals surface area contributed by atoms with E-state index in [9.17, 15) is 4.39 Å². The molecular weight excluding hydrogens is 353 g/mol. The number of ether oxygens (including phenoxy) is 2. The number of pyridine rings is 1. The standard InChI is InChI=1S/C24H16FNO2/c25-20-9-6-17(7-10-20)22-13-19(12-21(26-22)16-4-2-1-3-5-16)18-8-11-23-24(14-18)28-15-27-23/h1-14H,15H2. The van der Waals surface area contributed by atoms with Crippen LogP contribution in [0.4, 0.5) is 4.39 Å². The van der Waals surface area contributed by atoms with Crippen molar-refractivity contribution in [2.45, 2.75) is 0 Å². The van der Waals surface area contributed by atoms with Crippen molar-refractivity contribution in [3.05, 3.63) is 90.7 Å². The highest BCUT2D eigenvalue weighted by Crippen LogP contribution is 2.37. The summed E-state index contributed by atoms with van der Waals surface area (Å²) < 4.78 is 24.3. The molecule has 3 aromatic carbocycles. The van der Waals surface area contributed by atoms with E-state index in [1.807, 2.05) is 54.6 Å². The molecule has 4 aromatic rings. The number of fused-ring (bicyclic) bond motifs is 1. The van der Waals surface area contributed by atoms with E-state index in [2.05, 4.69) is 6.07 Å². The number of aromatic nitrogens is 1. The van der Waals surface area contributed by atoms with Gasteiger partial charge >= 0.3 is 0 Å². The third kappa shape index (κ3) is 3.09. The van der Waals surface area contributed by atoms with Crippen LogP contribution in [0.15, 0.2) is 84.9 Å². The maximum Gasteiger partial charge on any atom is 0.231 e. The van der Waals surface area contributed by atoms with Gasteiger partial charge in [-0.2, -0.15) is 0 Å². The summed E-state index contributed by atoms with van der Waals surface area (Å²) in [7, 11) is 0. The molecule has 3 nitrogen and oxygen atoms in total. The zero-order valence-corrected chi connectivity index (χ0v) is 14.9. The van der Waals surface area contributed by atoms with Crippen LogP contribution in [0.1, 0.15) is 0 Å². The lowest BCUT2D eigenvalue weighted by atomic mass is 9.99. The lowest BCUT2D eigenvalue weighted by molar-refractivity contribution is 0.174. The SMILES string of the molecule is Fc1ccc(-c2cc(-c3ccc4c(c3)OCO4)cc(-c3ccccc3)n2)cc1. The molecule has 0 saturated carbocycles. The van der Waals surface area contributed by atoms with Gasteiger partial charge < -0.3 is 9.47 Å². The Kier molecular flexibility index (Phi) is 4.02. The van der Waals surface area contributed by atoms with Gasteiger partial charge in [-0.25, -0.2) is 9.37 Å². The van der Waals surface area contributed by atoms with Gasteiger partial charge in [-0.1, -0.05) is 36.4 Å². The molecule has 1 aliphatic heterocycles. The van der Waals surface area contributed by atoms with Crippen molar-refractivity contribution < 1.29 is 13.9 Å². The molecule has 0 fully saturated rings. The van der Waals surface area contributed by atoms with Crippen molar-refractivity contribution in [1.82, 2.24) is 4.98 Å². The summed E-state index contributed by atoms with van der Waals surface area (Å²) in [5.41, 5.74) is 5.54. The van der Waals surface area contributed by atoms with E-state index in [1.165, 1.54) is 12.1 Å². The van der Waals surface area contributed by atoms with Gasteiger partial charge in [0.05, 0.1) is 11.4 Å². The van der Waals surface area contributed by atoms with Gasteiger partial charge in [0, 0.05) is 11.1 Å². The minimum Gasteiger partial charge on any atom is -0.454 e. The van der Waals surface area contributed by atoms with Crippen molar-refractivity contribution in [3.63, 3.8) is 0 Å². The average Bonchev–Trinajstić information content (AvgIpc) is 3.22. The van der Waals surface area contributed by atoms with E-state index in [1.54, 1.807) is 12.1 Å². The Balaban J connectivity index is 1.67. The minimum absolute atomic E-state index is 0.241. The van der Waals surface area contributed by atoms with Crippen molar-refractivity contribution in [1.29, 1.82) is 0 Å². The van der Waals surface area contributed by atoms with Gasteiger partial charge in [-0.15, -0.1) is 0 Å². The molecule has 0 N–H and O–H groups in total. The van der Waals surface area contributed by atoms with Crippen LogP contribution in [0.5, 0.6) is 11.5 Å². The molecule has 0 atom stereocenters. The van der Waals surface area contributed by atoms with Gasteiger partial charge in [-0.3, -0.25) is 0 Å². The molecule has 136 valence electrons. The molecule has 0 amide bonds. The number of hydrogen-bond acceptors (Lipinski definition) is 3. The lowest BCUT2D eigenvalue weighted by Crippen LogP contribution is -1.93. The minimum atomic E-state index is -0.265. The Morgan fingerprint density at radius 1 is 0.607 bits per heavy atom. The molecular formula is C24H16FNO2. The first-order valence-electron chi connectivity index (χ1n) is 9.00. The smallest absolute Gasteiger partial charge is 0.231 e. The largest absolute Gasteiger partial charge is 0.454 e. The van der Waals surface area contributed by atoms with E-state index in [4.69, 9.17) is 14.5 Å². The van der Waals surface area contributed by atoms with E-state index in [0.29, 0.717) is 0 Å². The fourth-order valence-electron chi connectivity index (χ4n) is 3.30. The maximum atomic E-state index is 13.4. The molecule has 0 spiro atoms. The van der Waals surface area contributed by atoms with Crippen LogP contribution in [0.2, 0.25) is 0 Å². The summed E-state index contributed by atoms with van der Waals surface area (Å²) in [5, 5.41) is 0. The van der Waals surface area contributed by atoms with E-state index in [-0.39, 0.29) is 12.6 Å². The van der Waals surface area contributed by atoms with Crippen LogP contribution in [-0.2, 0) is 0 Å². The second-order valence-corrected chi connectivity index (χ2v) is 6.57. The highest BCUT2D eigenvalue weighted by Gasteiger charge is 2.15. The Bertz CT molecular complexity index is 1140. The monoisotopic (exact) mass is 369 g/mol. The Morgan fingerprint density at radius 2 is 1.25 bits per heavy atom. The van der Waals surface area contributed by atoms with E-state index < -0.39 is 0 Å². The lowest BCUT2D eigenvalue weighted by Gasteiger charge is -2.11. The summed E-state index contributed by atoms with van der Waals surface area (Å²) >= 11 is 0. The number of nitrogens with zero attached hydrogens (tertiary/aromatic N) is 1. The summed E-state index contributed by atoms with van der Waals surface area (Å²) in [6, 6.07) is 26.4. The predicted octanol–water partition coefficient (Wildman–Crippen LogP) is 5.95. The quantitative estimate of drug-likeness (QED) is 0.447. The molecule has 1 aromatic heterocycles. The van der Waals surface area contributed by atoms with Crippen LogP contribution in [-0.4, -0.2) is 11.8 Å². The highest BCUT2D eigenvalue weighted by molar-refractivity contribution is 5.77. The second-order valence-electron chi connectivity index (χ2n) is 6.57. The predicted molar refractivity (Wildman–Crippen MR) is 107 cm³/mol. The molecule has 0 saturated heterocycles. The fraction of sp³-hybridized carbons (Fsp3) is 0.0417. The molecule has 0 unspecified atom stereocenters. The molecule has 1 aliphatic rings. The Morgan fingerprint density at radius 3 is 2.00 bits per heavy atom. The normalized spacial score (nSPS) is 12.2. The number of benzene rings is 3. The van der Waals surface area contributed by atoms with Crippen molar-refractivity contribution in [2.75, 3.05) is 6.79 Å². The Labute approximate surface area is 162 Å². The van der Waals surface area contributed by atoms with Crippen molar-refractivity contribution >= 4 is 0 Å². The van der Waals surface area contributed by atoms with E-state index >= 15 is 0 Å². The van der Waals surface area contributed by atoms with Crippen LogP contribution < -0.4 is 9.47 Å². The summed E-state index contributed by atoms with van der Waals surface area (Å²) in [4.78, 5) is 4.82. The number of rotatable bonds is 3. The molecule has 2 heterocycles. The zero-order valence-electron chi connectivity index (χ0n) is 14.9. The van der Waals surface area contributed by atoms with Crippen LogP contribution >= 0.6 is 0 Å². The molecule has 0 radical (unpaired) electrons. The zero-order chi connectivity index (χ0) is 18.9. The van der Waals surface area contributed by atoms with Gasteiger partial charge in [0.2, 0.25) is 6.79 Å². The topological polar surface area (TPSA) is 31.4 Å². The van der Waals surface area contributed by atoms with Crippen LogP contribution in [0.3, 0.4) is 0 Å². The third-order valence-corrected chi connectivity index (χ3v) is 4.74. The summed E-state index contributed by atoms with van der Waals surface area (Å²) in [5.74, 6) is 1.22.